The van der Waals surface area contributed by atoms with Crippen molar-refractivity contribution in [1.29, 1.82) is 0 Å². The summed E-state index contributed by atoms with van der Waals surface area (Å²) in [5.74, 6) is 0.496. The van der Waals surface area contributed by atoms with Gasteiger partial charge >= 0.3 is 0 Å². The Morgan fingerprint density at radius 1 is 1.24 bits per heavy atom. The third kappa shape index (κ3) is 9.02. The van der Waals surface area contributed by atoms with Gasteiger partial charge in [0.25, 0.3) is 0 Å². The number of ether oxygens (including phenoxy) is 1. The highest BCUT2D eigenvalue weighted by molar-refractivity contribution is 6.11. The van der Waals surface area contributed by atoms with Gasteiger partial charge in [-0.1, -0.05) is 44.9 Å². The molecule has 1 aliphatic carbocycles. The van der Waals surface area contributed by atoms with Crippen LogP contribution >= 0.6 is 0 Å². The predicted molar refractivity (Wildman–Crippen MR) is 142 cm³/mol. The van der Waals surface area contributed by atoms with Gasteiger partial charge in [0.15, 0.2) is 12.1 Å². The normalized spacial score (nSPS) is 16.1. The standard InChI is InChI=1S/C26H34N2O3.C2H7N/c1-5-9-22(31-4)14-12-18(2)26(28-21-10-7-6-8-11-21)24(17-29)23-16-20(19(3)30)13-15-25(23)27;1-3-2/h5,9,12-18,21,28H,1,6-8,10-11,27H2,2-4H3;3H,1-2H3/b14-12-,22-9+,26-24+;. The van der Waals surface area contributed by atoms with E-state index >= 15 is 0 Å². The van der Waals surface area contributed by atoms with Gasteiger partial charge in [0.2, 0.25) is 0 Å². The van der Waals surface area contributed by atoms with Crippen LogP contribution in [0.25, 0.3) is 5.57 Å². The van der Waals surface area contributed by atoms with Crippen LogP contribution in [-0.4, -0.2) is 39.3 Å². The number of hydrogen-bond donors (Lipinski definition) is 3. The van der Waals surface area contributed by atoms with Crippen LogP contribution in [0.3, 0.4) is 0 Å². The van der Waals surface area contributed by atoms with Gasteiger partial charge < -0.3 is 21.1 Å². The zero-order chi connectivity index (χ0) is 25.5. The molecule has 0 spiro atoms. The van der Waals surface area contributed by atoms with Crippen molar-refractivity contribution in [3.05, 3.63) is 71.7 Å². The van der Waals surface area contributed by atoms with Crippen LogP contribution in [0.2, 0.25) is 0 Å². The van der Waals surface area contributed by atoms with E-state index in [1.54, 1.807) is 37.5 Å². The number of aldehydes is 1. The van der Waals surface area contributed by atoms with Gasteiger partial charge in [0, 0.05) is 40.0 Å². The molecule has 4 N–H and O–H groups in total. The van der Waals surface area contributed by atoms with Gasteiger partial charge in [0.05, 0.1) is 7.11 Å². The third-order valence-electron chi connectivity index (χ3n) is 5.65. The van der Waals surface area contributed by atoms with Crippen LogP contribution in [0.5, 0.6) is 0 Å². The van der Waals surface area contributed by atoms with E-state index in [0.717, 1.165) is 24.8 Å². The van der Waals surface area contributed by atoms with Crippen LogP contribution in [0.4, 0.5) is 5.69 Å². The van der Waals surface area contributed by atoms with E-state index in [1.807, 2.05) is 33.2 Å². The number of nitrogen functional groups attached to an aromatic ring is 1. The summed E-state index contributed by atoms with van der Waals surface area (Å²) in [6.07, 6.45) is 13.8. The zero-order valence-electron chi connectivity index (χ0n) is 21.3. The quantitative estimate of drug-likeness (QED) is 0.111. The van der Waals surface area contributed by atoms with Crippen LogP contribution in [0.15, 0.2) is 60.5 Å². The topological polar surface area (TPSA) is 93.5 Å². The van der Waals surface area contributed by atoms with Crippen molar-refractivity contribution in [2.24, 2.45) is 5.92 Å². The lowest BCUT2D eigenvalue weighted by Gasteiger charge is -2.28. The van der Waals surface area contributed by atoms with E-state index in [1.165, 1.54) is 26.2 Å². The summed E-state index contributed by atoms with van der Waals surface area (Å²) in [6.45, 7) is 7.23. The number of carbonyl (C=O) groups excluding carboxylic acids is 2. The predicted octanol–water partition coefficient (Wildman–Crippen LogP) is 5.05. The number of allylic oxidation sites excluding steroid dienone is 5. The highest BCUT2D eigenvalue weighted by Crippen LogP contribution is 2.29. The number of nitrogens with one attached hydrogen (secondary N) is 2. The van der Waals surface area contributed by atoms with Crippen LogP contribution in [0, 0.1) is 5.92 Å². The molecule has 1 saturated carbocycles. The Morgan fingerprint density at radius 2 is 1.88 bits per heavy atom. The largest absolute Gasteiger partial charge is 0.497 e. The summed E-state index contributed by atoms with van der Waals surface area (Å²) in [5.41, 5.74) is 9.09. The zero-order valence-corrected chi connectivity index (χ0v) is 21.3. The van der Waals surface area contributed by atoms with Gasteiger partial charge in [-0.15, -0.1) is 0 Å². The summed E-state index contributed by atoms with van der Waals surface area (Å²) in [7, 11) is 5.35. The minimum Gasteiger partial charge on any atom is -0.497 e. The summed E-state index contributed by atoms with van der Waals surface area (Å²) in [6, 6.07) is 5.38. The Hall–Kier alpha value is -3.12. The number of carbonyl (C=O) groups is 2. The molecule has 186 valence electrons. The van der Waals surface area contributed by atoms with Crippen molar-refractivity contribution >= 4 is 23.3 Å². The number of anilines is 1. The first-order valence-corrected chi connectivity index (χ1v) is 11.8. The fraction of sp³-hybridized carbons (Fsp3) is 0.429. The van der Waals surface area contributed by atoms with E-state index < -0.39 is 0 Å². The first-order chi connectivity index (χ1) is 16.3. The lowest BCUT2D eigenvalue weighted by Crippen LogP contribution is -2.33. The Bertz CT molecular complexity index is 909. The Morgan fingerprint density at radius 3 is 2.41 bits per heavy atom. The fourth-order valence-corrected chi connectivity index (χ4v) is 3.85. The minimum absolute atomic E-state index is 0.0690. The van der Waals surface area contributed by atoms with Crippen molar-refractivity contribution in [2.45, 2.75) is 52.0 Å². The lowest BCUT2D eigenvalue weighted by molar-refractivity contribution is -0.103. The van der Waals surface area contributed by atoms with Crippen LogP contribution < -0.4 is 16.4 Å². The summed E-state index contributed by atoms with van der Waals surface area (Å²) >= 11 is 0. The number of hydrogen-bond acceptors (Lipinski definition) is 6. The van der Waals surface area contributed by atoms with Crippen molar-refractivity contribution in [1.82, 2.24) is 10.6 Å². The van der Waals surface area contributed by atoms with Gasteiger partial charge in [0.1, 0.15) is 5.76 Å². The summed E-state index contributed by atoms with van der Waals surface area (Å²) in [5, 5.41) is 6.38. The van der Waals surface area contributed by atoms with Crippen LogP contribution in [0.1, 0.15) is 61.9 Å². The second kappa shape index (κ2) is 15.7. The molecule has 0 saturated heterocycles. The summed E-state index contributed by atoms with van der Waals surface area (Å²) < 4.78 is 5.34. The number of Topliss-reactive ketones (excluding diaryl/α,β-unsaturated/α-hetero) is 1. The number of ketones is 1. The third-order valence-corrected chi connectivity index (χ3v) is 5.65. The second-order valence-electron chi connectivity index (χ2n) is 8.44. The van der Waals surface area contributed by atoms with E-state index in [2.05, 4.69) is 17.2 Å². The van der Waals surface area contributed by atoms with Gasteiger partial charge in [-0.3, -0.25) is 9.59 Å². The molecule has 1 aliphatic rings. The molecule has 2 rings (SSSR count). The molecule has 0 heterocycles. The fourth-order valence-electron chi connectivity index (χ4n) is 3.85. The van der Waals surface area contributed by atoms with Crippen molar-refractivity contribution in [3.63, 3.8) is 0 Å². The Balaban J connectivity index is 0.00000182. The van der Waals surface area contributed by atoms with Crippen molar-refractivity contribution in [2.75, 3.05) is 26.9 Å². The average Bonchev–Trinajstić information content (AvgIpc) is 2.83. The molecular weight excluding hydrogens is 426 g/mol. The molecule has 0 amide bonds. The first kappa shape index (κ1) is 28.9. The number of methoxy groups -OCH3 is 1. The maximum absolute atomic E-state index is 12.3. The first-order valence-electron chi connectivity index (χ1n) is 11.8. The second-order valence-corrected chi connectivity index (χ2v) is 8.44. The van der Waals surface area contributed by atoms with E-state index in [9.17, 15) is 9.59 Å². The molecule has 1 atom stereocenters. The molecule has 0 aromatic heterocycles. The molecule has 34 heavy (non-hydrogen) atoms. The molecular formula is C28H41N3O3. The van der Waals surface area contributed by atoms with Crippen molar-refractivity contribution in [3.8, 4) is 0 Å². The Labute approximate surface area is 205 Å². The average molecular weight is 468 g/mol. The Kier molecular flexibility index (Phi) is 13.3. The number of nitrogens with two attached hydrogens (primary N) is 1. The van der Waals surface area contributed by atoms with Gasteiger partial charge in [-0.25, -0.2) is 0 Å². The number of rotatable bonds is 10. The molecule has 1 aromatic rings. The van der Waals surface area contributed by atoms with Gasteiger partial charge in [-0.05, 0) is 64.2 Å². The molecule has 1 fully saturated rings. The highest BCUT2D eigenvalue weighted by Gasteiger charge is 2.21. The maximum Gasteiger partial charge on any atom is 0.159 e. The molecule has 0 aliphatic heterocycles. The van der Waals surface area contributed by atoms with E-state index in [-0.39, 0.29) is 11.7 Å². The summed E-state index contributed by atoms with van der Waals surface area (Å²) in [4.78, 5) is 24.2. The molecule has 1 aromatic carbocycles. The smallest absolute Gasteiger partial charge is 0.159 e. The number of benzene rings is 1. The van der Waals surface area contributed by atoms with Crippen LogP contribution in [-0.2, 0) is 9.53 Å². The lowest BCUT2D eigenvalue weighted by atomic mass is 9.91. The van der Waals surface area contributed by atoms with Gasteiger partial charge in [-0.2, -0.15) is 0 Å². The maximum atomic E-state index is 12.3. The molecule has 0 radical (unpaired) electrons. The molecule has 6 heteroatoms. The molecule has 6 nitrogen and oxygen atoms in total. The molecule has 1 unspecified atom stereocenters. The van der Waals surface area contributed by atoms with E-state index in [4.69, 9.17) is 10.5 Å². The monoisotopic (exact) mass is 467 g/mol. The SMILES string of the molecule is C=C/C=C(\C=C/C(C)/C(NC1CCCCC1)=C(/C=O)c1cc(C(C)=O)ccc1N)OC.CNC. The van der Waals surface area contributed by atoms with Crippen molar-refractivity contribution < 1.29 is 14.3 Å². The molecule has 0 bridgehead atoms. The minimum atomic E-state index is -0.106. The van der Waals surface area contributed by atoms with E-state index in [0.29, 0.717) is 34.2 Å². The highest BCUT2D eigenvalue weighted by atomic mass is 16.5.